The van der Waals surface area contributed by atoms with Gasteiger partial charge in [0.2, 0.25) is 5.91 Å². The van der Waals surface area contributed by atoms with E-state index in [4.69, 9.17) is 4.42 Å². The van der Waals surface area contributed by atoms with E-state index in [0.717, 1.165) is 5.69 Å². The third kappa shape index (κ3) is 4.34. The van der Waals surface area contributed by atoms with Crippen LogP contribution in [0.3, 0.4) is 0 Å². The highest BCUT2D eigenvalue weighted by Crippen LogP contribution is 2.18. The van der Waals surface area contributed by atoms with Crippen molar-refractivity contribution in [2.45, 2.75) is 19.9 Å². The molecule has 26 heavy (non-hydrogen) atoms. The number of aryl methyl sites for hydroxylation is 1. The van der Waals surface area contributed by atoms with E-state index in [-0.39, 0.29) is 18.2 Å². The van der Waals surface area contributed by atoms with Crippen molar-refractivity contribution in [1.29, 1.82) is 0 Å². The van der Waals surface area contributed by atoms with E-state index in [1.165, 1.54) is 17.6 Å². The quantitative estimate of drug-likeness (QED) is 0.721. The number of pyridine rings is 1. The van der Waals surface area contributed by atoms with Gasteiger partial charge in [0, 0.05) is 18.6 Å². The molecule has 3 heterocycles. The predicted molar refractivity (Wildman–Crippen MR) is 97.9 cm³/mol. The van der Waals surface area contributed by atoms with E-state index in [1.54, 1.807) is 36.5 Å². The molecule has 0 radical (unpaired) electrons. The molecule has 0 saturated heterocycles. The topological polar surface area (TPSA) is 88.3 Å². The van der Waals surface area contributed by atoms with Crippen LogP contribution in [0.4, 0.5) is 5.13 Å². The summed E-state index contributed by atoms with van der Waals surface area (Å²) in [5.74, 6) is 0.200. The number of thiazole rings is 1. The smallest absolute Gasteiger partial charge is 0.260 e. The summed E-state index contributed by atoms with van der Waals surface area (Å²) < 4.78 is 5.12. The fourth-order valence-electron chi connectivity index (χ4n) is 2.34. The molecule has 0 aliphatic carbocycles. The van der Waals surface area contributed by atoms with E-state index < -0.39 is 0 Å². The van der Waals surface area contributed by atoms with E-state index >= 15 is 0 Å². The molecule has 0 saturated carbocycles. The largest absolute Gasteiger partial charge is 0.469 e. The Hall–Kier alpha value is -3.00. The maximum atomic E-state index is 12.3. The molecule has 2 amide bonds. The second-order valence-corrected chi connectivity index (χ2v) is 6.59. The van der Waals surface area contributed by atoms with Gasteiger partial charge in [-0.25, -0.2) is 4.98 Å². The molecule has 0 aromatic carbocycles. The molecule has 0 unspecified atom stereocenters. The number of hydrogen-bond acceptors (Lipinski definition) is 6. The number of carbonyl (C=O) groups is 2. The predicted octanol–water partition coefficient (Wildman–Crippen LogP) is 2.89. The summed E-state index contributed by atoms with van der Waals surface area (Å²) in [7, 11) is 1.73. The fraction of sp³-hybridized carbons (Fsp3) is 0.222. The first kappa shape index (κ1) is 17.8. The number of carbonyl (C=O) groups excluding carboxylic acids is 2. The summed E-state index contributed by atoms with van der Waals surface area (Å²) in [6.07, 6.45) is 3.33. The molecule has 134 valence electrons. The monoisotopic (exact) mass is 370 g/mol. The first-order valence-electron chi connectivity index (χ1n) is 7.96. The van der Waals surface area contributed by atoms with Crippen LogP contribution in [-0.4, -0.2) is 33.7 Å². The Balaban J connectivity index is 1.57. The number of anilines is 1. The number of rotatable bonds is 6. The van der Waals surface area contributed by atoms with Crippen LogP contribution in [-0.2, 0) is 17.8 Å². The lowest BCUT2D eigenvalue weighted by Crippen LogP contribution is -2.28. The number of amides is 2. The fourth-order valence-corrected chi connectivity index (χ4v) is 3.05. The van der Waals surface area contributed by atoms with Crippen LogP contribution in [0.5, 0.6) is 0 Å². The van der Waals surface area contributed by atoms with Crippen LogP contribution in [0, 0.1) is 6.92 Å². The van der Waals surface area contributed by atoms with Crippen molar-refractivity contribution in [2.24, 2.45) is 0 Å². The zero-order valence-electron chi connectivity index (χ0n) is 14.4. The zero-order valence-corrected chi connectivity index (χ0v) is 15.2. The molecule has 3 rings (SSSR count). The normalized spacial score (nSPS) is 10.5. The zero-order chi connectivity index (χ0) is 18.5. The van der Waals surface area contributed by atoms with Crippen molar-refractivity contribution in [1.82, 2.24) is 14.9 Å². The Morgan fingerprint density at radius 2 is 2.12 bits per heavy atom. The minimum Gasteiger partial charge on any atom is -0.469 e. The van der Waals surface area contributed by atoms with Gasteiger partial charge >= 0.3 is 0 Å². The summed E-state index contributed by atoms with van der Waals surface area (Å²) >= 11 is 1.28. The number of furan rings is 1. The van der Waals surface area contributed by atoms with Gasteiger partial charge in [0.05, 0.1) is 36.2 Å². The average molecular weight is 370 g/mol. The third-order valence-electron chi connectivity index (χ3n) is 3.76. The molecule has 1 N–H and O–H groups in total. The summed E-state index contributed by atoms with van der Waals surface area (Å²) in [6.45, 7) is 2.16. The van der Waals surface area contributed by atoms with Crippen molar-refractivity contribution < 1.29 is 14.0 Å². The van der Waals surface area contributed by atoms with Crippen LogP contribution >= 0.6 is 11.3 Å². The van der Waals surface area contributed by atoms with Crippen LogP contribution < -0.4 is 5.32 Å². The van der Waals surface area contributed by atoms with Crippen molar-refractivity contribution >= 4 is 28.3 Å². The molecule has 3 aromatic rings. The van der Waals surface area contributed by atoms with Crippen molar-refractivity contribution in [3.8, 4) is 0 Å². The number of hydrogen-bond donors (Lipinski definition) is 1. The summed E-state index contributed by atoms with van der Waals surface area (Å²) in [5.41, 5.74) is 1.91. The Morgan fingerprint density at radius 3 is 2.81 bits per heavy atom. The second-order valence-electron chi connectivity index (χ2n) is 5.74. The molecule has 0 bridgehead atoms. The van der Waals surface area contributed by atoms with Gasteiger partial charge in [0.25, 0.3) is 5.91 Å². The van der Waals surface area contributed by atoms with E-state index in [9.17, 15) is 9.59 Å². The third-order valence-corrected chi connectivity index (χ3v) is 4.57. The van der Waals surface area contributed by atoms with E-state index in [2.05, 4.69) is 15.3 Å². The second kappa shape index (κ2) is 7.92. The highest BCUT2D eigenvalue weighted by atomic mass is 32.1. The number of nitrogens with zero attached hydrogens (tertiary/aromatic N) is 3. The number of nitrogens with one attached hydrogen (secondary N) is 1. The van der Waals surface area contributed by atoms with Crippen molar-refractivity contribution in [3.05, 3.63) is 64.8 Å². The summed E-state index contributed by atoms with van der Waals surface area (Å²) in [6, 6.07) is 7.20. The van der Waals surface area contributed by atoms with Crippen LogP contribution in [0.25, 0.3) is 0 Å². The lowest BCUT2D eigenvalue weighted by molar-refractivity contribution is -0.129. The van der Waals surface area contributed by atoms with Crippen LogP contribution in [0.2, 0.25) is 0 Å². The van der Waals surface area contributed by atoms with Gasteiger partial charge < -0.3 is 9.32 Å². The maximum Gasteiger partial charge on any atom is 0.260 e. The molecule has 0 atom stereocenters. The SMILES string of the molecule is Cc1occc1C(=O)Nc1nc(CC(=O)N(C)Cc2ccccn2)cs1. The first-order chi connectivity index (χ1) is 12.5. The Bertz CT molecular complexity index is 904. The Kier molecular flexibility index (Phi) is 5.43. The van der Waals surface area contributed by atoms with Gasteiger partial charge in [-0.3, -0.25) is 19.9 Å². The van der Waals surface area contributed by atoms with Crippen molar-refractivity contribution in [3.63, 3.8) is 0 Å². The highest BCUT2D eigenvalue weighted by molar-refractivity contribution is 7.14. The maximum absolute atomic E-state index is 12.3. The lowest BCUT2D eigenvalue weighted by Gasteiger charge is -2.15. The van der Waals surface area contributed by atoms with E-state index in [0.29, 0.717) is 28.7 Å². The molecule has 3 aromatic heterocycles. The molecular weight excluding hydrogens is 352 g/mol. The molecule has 0 aliphatic heterocycles. The standard InChI is InChI=1S/C18H18N4O3S/c1-12-15(6-8-25-12)17(24)21-18-20-14(11-26-18)9-16(23)22(2)10-13-5-3-4-7-19-13/h3-8,11H,9-10H2,1-2H3,(H,20,21,24). The molecule has 8 heteroatoms. The van der Waals surface area contributed by atoms with Crippen LogP contribution in [0.1, 0.15) is 27.5 Å². The van der Waals surface area contributed by atoms with Gasteiger partial charge in [-0.2, -0.15) is 0 Å². The molecular formula is C18H18N4O3S. The summed E-state index contributed by atoms with van der Waals surface area (Å²) in [4.78, 5) is 34.6. The Labute approximate surface area is 154 Å². The molecule has 7 nitrogen and oxygen atoms in total. The minimum atomic E-state index is -0.282. The Morgan fingerprint density at radius 1 is 1.27 bits per heavy atom. The van der Waals surface area contributed by atoms with Crippen LogP contribution in [0.15, 0.2) is 46.5 Å². The number of aromatic nitrogens is 2. The summed E-state index contributed by atoms with van der Waals surface area (Å²) in [5, 5.41) is 4.94. The average Bonchev–Trinajstić information content (AvgIpc) is 3.24. The molecule has 0 spiro atoms. The van der Waals surface area contributed by atoms with Gasteiger partial charge in [-0.15, -0.1) is 11.3 Å². The first-order valence-corrected chi connectivity index (χ1v) is 8.84. The van der Waals surface area contributed by atoms with Crippen molar-refractivity contribution in [2.75, 3.05) is 12.4 Å². The molecule has 0 fully saturated rings. The van der Waals surface area contributed by atoms with E-state index in [1.807, 2.05) is 18.2 Å². The van der Waals surface area contributed by atoms with Gasteiger partial charge in [0.1, 0.15) is 5.76 Å². The van der Waals surface area contributed by atoms with Gasteiger partial charge in [-0.05, 0) is 25.1 Å². The van der Waals surface area contributed by atoms with Gasteiger partial charge in [-0.1, -0.05) is 6.07 Å². The lowest BCUT2D eigenvalue weighted by atomic mass is 10.2. The highest BCUT2D eigenvalue weighted by Gasteiger charge is 2.16. The number of likely N-dealkylation sites (N-methyl/N-ethyl adjacent to an activating group) is 1. The molecule has 0 aliphatic rings. The van der Waals surface area contributed by atoms with Gasteiger partial charge in [0.15, 0.2) is 5.13 Å². The minimum absolute atomic E-state index is 0.0653.